The lowest BCUT2D eigenvalue weighted by molar-refractivity contribution is 0.414. The minimum absolute atomic E-state index is 0.187. The third-order valence-corrected chi connectivity index (χ3v) is 4.62. The number of aromatic nitrogens is 4. The summed E-state index contributed by atoms with van der Waals surface area (Å²) >= 11 is 6.55. The molecule has 0 bridgehead atoms. The second kappa shape index (κ2) is 6.65. The van der Waals surface area contributed by atoms with Crippen LogP contribution in [0.3, 0.4) is 0 Å². The summed E-state index contributed by atoms with van der Waals surface area (Å²) in [6.45, 7) is 0.380. The lowest BCUT2D eigenvalue weighted by atomic mass is 10.1. The minimum Gasteiger partial charge on any atom is -0.497 e. The fraction of sp³-hybridized carbons (Fsp3) is 0.105. The molecule has 0 fully saturated rings. The highest BCUT2D eigenvalue weighted by molar-refractivity contribution is 6.38. The number of aromatic amines is 1. The van der Waals surface area contributed by atoms with Crippen molar-refractivity contribution in [1.29, 1.82) is 0 Å². The number of nitrogens with zero attached hydrogens (tertiary/aromatic N) is 3. The molecule has 2 heterocycles. The highest BCUT2D eigenvalue weighted by Gasteiger charge is 2.14. The van der Waals surface area contributed by atoms with E-state index in [4.69, 9.17) is 16.3 Å². The van der Waals surface area contributed by atoms with Crippen LogP contribution in [-0.2, 0) is 6.54 Å². The zero-order valence-electron chi connectivity index (χ0n) is 13.9. The van der Waals surface area contributed by atoms with Crippen molar-refractivity contribution in [3.05, 3.63) is 76.1 Å². The SMILES string of the molecule is COc1cccc(Cn2cnc3ccc(-c4cn[nH]c4)c(Cl)c3c2=O)c1. The van der Waals surface area contributed by atoms with Crippen LogP contribution in [0.2, 0.25) is 5.02 Å². The highest BCUT2D eigenvalue weighted by Crippen LogP contribution is 2.31. The average Bonchev–Trinajstić information content (AvgIpc) is 3.19. The molecule has 0 radical (unpaired) electrons. The third-order valence-electron chi connectivity index (χ3n) is 4.23. The van der Waals surface area contributed by atoms with Crippen LogP contribution in [-0.4, -0.2) is 26.9 Å². The molecule has 130 valence electrons. The van der Waals surface area contributed by atoms with Crippen molar-refractivity contribution >= 4 is 22.5 Å². The molecule has 0 spiro atoms. The number of hydrogen-bond acceptors (Lipinski definition) is 4. The summed E-state index contributed by atoms with van der Waals surface area (Å²) in [7, 11) is 1.61. The molecule has 6 nitrogen and oxygen atoms in total. The number of methoxy groups -OCH3 is 1. The normalized spacial score (nSPS) is 11.0. The molecule has 0 unspecified atom stereocenters. The van der Waals surface area contributed by atoms with E-state index >= 15 is 0 Å². The van der Waals surface area contributed by atoms with E-state index in [-0.39, 0.29) is 5.56 Å². The largest absolute Gasteiger partial charge is 0.497 e. The smallest absolute Gasteiger partial charge is 0.263 e. The van der Waals surface area contributed by atoms with Gasteiger partial charge in [0.15, 0.2) is 0 Å². The molecule has 26 heavy (non-hydrogen) atoms. The predicted molar refractivity (Wildman–Crippen MR) is 101 cm³/mol. The first kappa shape index (κ1) is 16.4. The Balaban J connectivity index is 1.83. The maximum absolute atomic E-state index is 13.0. The van der Waals surface area contributed by atoms with E-state index in [2.05, 4.69) is 15.2 Å². The molecule has 0 saturated carbocycles. The van der Waals surface area contributed by atoms with E-state index in [1.54, 1.807) is 30.1 Å². The Morgan fingerprint density at radius 3 is 2.92 bits per heavy atom. The first-order valence-corrected chi connectivity index (χ1v) is 8.35. The molecule has 0 aliphatic heterocycles. The fourth-order valence-corrected chi connectivity index (χ4v) is 3.26. The van der Waals surface area contributed by atoms with Gasteiger partial charge in [-0.1, -0.05) is 29.8 Å². The number of hydrogen-bond donors (Lipinski definition) is 1. The summed E-state index contributed by atoms with van der Waals surface area (Å²) in [4.78, 5) is 17.4. The molecule has 0 atom stereocenters. The summed E-state index contributed by atoms with van der Waals surface area (Å²) < 4.78 is 6.78. The molecule has 1 N–H and O–H groups in total. The Labute approximate surface area is 154 Å². The second-order valence-electron chi connectivity index (χ2n) is 5.84. The number of fused-ring (bicyclic) bond motifs is 1. The van der Waals surface area contributed by atoms with Crippen LogP contribution in [0.1, 0.15) is 5.56 Å². The topological polar surface area (TPSA) is 72.8 Å². The average molecular weight is 367 g/mol. The molecule has 2 aromatic heterocycles. The van der Waals surface area contributed by atoms with Crippen molar-refractivity contribution in [1.82, 2.24) is 19.7 Å². The van der Waals surface area contributed by atoms with Crippen LogP contribution in [0.25, 0.3) is 22.0 Å². The van der Waals surface area contributed by atoms with Gasteiger partial charge in [0.05, 0.1) is 42.1 Å². The van der Waals surface area contributed by atoms with Crippen molar-refractivity contribution < 1.29 is 4.74 Å². The van der Waals surface area contributed by atoms with Gasteiger partial charge in [-0.05, 0) is 23.8 Å². The van der Waals surface area contributed by atoms with Crippen molar-refractivity contribution in [3.63, 3.8) is 0 Å². The zero-order valence-corrected chi connectivity index (χ0v) is 14.7. The van der Waals surface area contributed by atoms with Gasteiger partial charge in [-0.15, -0.1) is 0 Å². The van der Waals surface area contributed by atoms with Gasteiger partial charge in [0.25, 0.3) is 5.56 Å². The molecule has 2 aromatic carbocycles. The summed E-state index contributed by atoms with van der Waals surface area (Å²) in [6, 6.07) is 11.2. The Kier molecular flexibility index (Phi) is 4.18. The molecular formula is C19H15ClN4O2. The Morgan fingerprint density at radius 2 is 2.15 bits per heavy atom. The van der Waals surface area contributed by atoms with E-state index in [9.17, 15) is 4.79 Å². The van der Waals surface area contributed by atoms with Crippen molar-refractivity contribution in [2.45, 2.75) is 6.54 Å². The number of rotatable bonds is 4. The Hall–Kier alpha value is -3.12. The van der Waals surface area contributed by atoms with Crippen molar-refractivity contribution in [2.75, 3.05) is 7.11 Å². The van der Waals surface area contributed by atoms with Gasteiger partial charge in [-0.3, -0.25) is 14.5 Å². The van der Waals surface area contributed by atoms with E-state index in [1.165, 1.54) is 6.33 Å². The van der Waals surface area contributed by atoms with Gasteiger partial charge in [0.1, 0.15) is 5.75 Å². The molecule has 0 aliphatic carbocycles. The molecule has 0 aliphatic rings. The van der Waals surface area contributed by atoms with Gasteiger partial charge in [0.2, 0.25) is 0 Å². The Morgan fingerprint density at radius 1 is 1.27 bits per heavy atom. The fourth-order valence-electron chi connectivity index (χ4n) is 2.91. The van der Waals surface area contributed by atoms with Crippen LogP contribution in [0.15, 0.2) is 59.9 Å². The summed E-state index contributed by atoms with van der Waals surface area (Å²) in [5.41, 5.74) is 2.88. The van der Waals surface area contributed by atoms with Crippen molar-refractivity contribution in [2.24, 2.45) is 0 Å². The van der Waals surface area contributed by atoms with E-state index in [1.807, 2.05) is 30.3 Å². The molecule has 0 saturated heterocycles. The van der Waals surface area contributed by atoms with Crippen LogP contribution in [0, 0.1) is 0 Å². The number of ether oxygens (including phenoxy) is 1. The number of nitrogens with one attached hydrogen (secondary N) is 1. The van der Waals surface area contributed by atoms with E-state index < -0.39 is 0 Å². The standard InChI is InChI=1S/C19H15ClN4O2/c1-26-14-4-2-3-12(7-14)10-24-11-21-16-6-5-15(13-8-22-23-9-13)18(20)17(16)19(24)25/h2-9,11H,10H2,1H3,(H,22,23). The molecule has 4 aromatic rings. The quantitative estimate of drug-likeness (QED) is 0.600. The van der Waals surface area contributed by atoms with Crippen LogP contribution >= 0.6 is 11.6 Å². The maximum atomic E-state index is 13.0. The van der Waals surface area contributed by atoms with Gasteiger partial charge in [-0.2, -0.15) is 5.10 Å². The van der Waals surface area contributed by atoms with Crippen LogP contribution in [0.5, 0.6) is 5.75 Å². The first-order chi connectivity index (χ1) is 12.7. The van der Waals surface area contributed by atoms with Crippen molar-refractivity contribution in [3.8, 4) is 16.9 Å². The van der Waals surface area contributed by atoms with E-state index in [0.717, 1.165) is 22.4 Å². The van der Waals surface area contributed by atoms with Gasteiger partial charge >= 0.3 is 0 Å². The molecule has 0 amide bonds. The van der Waals surface area contributed by atoms with Gasteiger partial charge in [-0.25, -0.2) is 4.98 Å². The monoisotopic (exact) mass is 366 g/mol. The van der Waals surface area contributed by atoms with Crippen LogP contribution in [0.4, 0.5) is 0 Å². The summed E-state index contributed by atoms with van der Waals surface area (Å²) in [5, 5.41) is 7.47. The lowest BCUT2D eigenvalue weighted by Gasteiger charge is -2.10. The van der Waals surface area contributed by atoms with Gasteiger partial charge in [0, 0.05) is 17.3 Å². The highest BCUT2D eigenvalue weighted by atomic mass is 35.5. The lowest BCUT2D eigenvalue weighted by Crippen LogP contribution is -2.21. The number of H-pyrrole nitrogens is 1. The molecular weight excluding hydrogens is 352 g/mol. The second-order valence-corrected chi connectivity index (χ2v) is 6.22. The zero-order chi connectivity index (χ0) is 18.1. The maximum Gasteiger partial charge on any atom is 0.263 e. The molecule has 4 rings (SSSR count). The summed E-state index contributed by atoms with van der Waals surface area (Å²) in [6.07, 6.45) is 4.94. The van der Waals surface area contributed by atoms with Gasteiger partial charge < -0.3 is 4.74 Å². The Bertz CT molecular complexity index is 1140. The molecule has 7 heteroatoms. The number of halogens is 1. The predicted octanol–water partition coefficient (Wildman–Crippen LogP) is 3.50. The van der Waals surface area contributed by atoms with E-state index in [0.29, 0.717) is 22.5 Å². The van der Waals surface area contributed by atoms with Crippen LogP contribution < -0.4 is 10.3 Å². The first-order valence-electron chi connectivity index (χ1n) is 7.97. The number of benzene rings is 2. The third kappa shape index (κ3) is 2.84. The minimum atomic E-state index is -0.187. The summed E-state index contributed by atoms with van der Waals surface area (Å²) in [5.74, 6) is 0.740.